The monoisotopic (exact) mass is 551 g/mol. The molecule has 0 fully saturated rings. The van der Waals surface area contributed by atoms with Crippen molar-refractivity contribution in [3.63, 3.8) is 0 Å². The number of rotatable bonds is 2. The standard InChI is InChI=1S/C10H8.2C6H6.2C4H10.5C2H6/c1-2-6-10-8-4-3-7-9(10)5-1;2*1-2-4-6-5-3-1;2*1-3-4-2;5*1-2/h1-8H;2*1-6H;2*3-4H2,1-2H3;5*1-2H3. The Balaban J connectivity index is -0.0000000865. The van der Waals surface area contributed by atoms with Gasteiger partial charge in [-0.05, 0) is 10.8 Å². The SMILES string of the molecule is CC.CC.CC.CC.CC.CCCC.CCCC.c1ccc2ccccc2c1.c1ccccc1.c1ccccc1. The van der Waals surface area contributed by atoms with E-state index in [2.05, 4.69) is 76.2 Å². The zero-order chi connectivity index (χ0) is 32.1. The van der Waals surface area contributed by atoms with Crippen LogP contribution >= 0.6 is 0 Å². The smallest absolute Gasteiger partial charge is 0.0184 e. The van der Waals surface area contributed by atoms with E-state index in [1.165, 1.54) is 36.5 Å². The van der Waals surface area contributed by atoms with E-state index in [4.69, 9.17) is 0 Å². The van der Waals surface area contributed by atoms with Crippen molar-refractivity contribution in [1.82, 2.24) is 0 Å². The van der Waals surface area contributed by atoms with Crippen molar-refractivity contribution in [3.05, 3.63) is 121 Å². The minimum atomic E-state index is 1.31. The second kappa shape index (κ2) is 60.6. The first-order chi connectivity index (χ1) is 19.8. The van der Waals surface area contributed by atoms with E-state index in [1.54, 1.807) is 0 Å². The molecule has 0 radical (unpaired) electrons. The second-order valence-electron chi connectivity index (χ2n) is 6.66. The number of benzene rings is 4. The Morgan fingerprint density at radius 1 is 0.250 bits per heavy atom. The molecule has 0 heteroatoms. The topological polar surface area (TPSA) is 0 Å². The Kier molecular flexibility index (Phi) is 75.8. The van der Waals surface area contributed by atoms with E-state index < -0.39 is 0 Å². The minimum absolute atomic E-state index is 1.31. The number of unbranched alkanes of at least 4 members (excludes halogenated alkanes) is 2. The van der Waals surface area contributed by atoms with Gasteiger partial charge in [0.05, 0.1) is 0 Å². The Hall–Kier alpha value is -2.86. The molecule has 40 heavy (non-hydrogen) atoms. The van der Waals surface area contributed by atoms with Crippen LogP contribution in [0.4, 0.5) is 0 Å². The highest BCUT2D eigenvalue weighted by atomic mass is 13.9. The maximum absolute atomic E-state index is 2.18. The van der Waals surface area contributed by atoms with Crippen LogP contribution < -0.4 is 0 Å². The van der Waals surface area contributed by atoms with E-state index in [-0.39, 0.29) is 0 Å². The molecule has 0 aliphatic carbocycles. The van der Waals surface area contributed by atoms with Gasteiger partial charge < -0.3 is 0 Å². The van der Waals surface area contributed by atoms with Gasteiger partial charge >= 0.3 is 0 Å². The van der Waals surface area contributed by atoms with Crippen LogP contribution in [0.2, 0.25) is 0 Å². The van der Waals surface area contributed by atoms with Crippen molar-refractivity contribution in [1.29, 1.82) is 0 Å². The summed E-state index contributed by atoms with van der Waals surface area (Å²) in [5.74, 6) is 0. The lowest BCUT2D eigenvalue weighted by atomic mass is 10.1. The maximum Gasteiger partial charge on any atom is -0.0184 e. The van der Waals surface area contributed by atoms with Crippen LogP contribution in [0.25, 0.3) is 10.8 Å². The van der Waals surface area contributed by atoms with Gasteiger partial charge in [-0.3, -0.25) is 0 Å². The molecular formula is C40H70. The van der Waals surface area contributed by atoms with Gasteiger partial charge in [-0.1, -0.05) is 244 Å². The quantitative estimate of drug-likeness (QED) is 0.233. The summed E-state index contributed by atoms with van der Waals surface area (Å²) < 4.78 is 0. The molecule has 0 aliphatic heterocycles. The highest BCUT2D eigenvalue weighted by molar-refractivity contribution is 5.82. The van der Waals surface area contributed by atoms with Gasteiger partial charge in [0, 0.05) is 0 Å². The molecule has 0 aromatic heterocycles. The molecule has 4 rings (SSSR count). The van der Waals surface area contributed by atoms with Crippen molar-refractivity contribution < 1.29 is 0 Å². The normalized spacial score (nSPS) is 7.15. The predicted molar refractivity (Wildman–Crippen MR) is 195 cm³/mol. The summed E-state index contributed by atoms with van der Waals surface area (Å²) in [4.78, 5) is 0. The molecule has 0 saturated carbocycles. The average Bonchev–Trinajstić information content (AvgIpc) is 3.11. The molecule has 230 valence electrons. The molecule has 0 unspecified atom stereocenters. The fourth-order valence-corrected chi connectivity index (χ4v) is 1.90. The first-order valence-electron chi connectivity index (χ1n) is 16.2. The summed E-state index contributed by atoms with van der Waals surface area (Å²) in [5, 5.41) is 2.62. The van der Waals surface area contributed by atoms with Crippen molar-refractivity contribution in [2.24, 2.45) is 0 Å². The fraction of sp³-hybridized carbons (Fsp3) is 0.450. The van der Waals surface area contributed by atoms with E-state index in [0.717, 1.165) is 0 Å². The Morgan fingerprint density at radius 3 is 0.475 bits per heavy atom. The molecule has 0 amide bonds. The maximum atomic E-state index is 2.18. The van der Waals surface area contributed by atoms with E-state index in [0.29, 0.717) is 0 Å². The molecule has 4 aromatic rings. The van der Waals surface area contributed by atoms with E-state index in [1.807, 2.05) is 142 Å². The van der Waals surface area contributed by atoms with E-state index in [9.17, 15) is 0 Å². The molecule has 4 aromatic carbocycles. The largest absolute Gasteiger partial charge is 0.0683 e. The second-order valence-corrected chi connectivity index (χ2v) is 6.66. The third kappa shape index (κ3) is 48.2. The average molecular weight is 551 g/mol. The van der Waals surface area contributed by atoms with Gasteiger partial charge in [-0.2, -0.15) is 0 Å². The molecule has 0 N–H and O–H groups in total. The van der Waals surface area contributed by atoms with Crippen LogP contribution in [0.3, 0.4) is 0 Å². The van der Waals surface area contributed by atoms with Crippen molar-refractivity contribution in [2.75, 3.05) is 0 Å². The summed E-state index contributed by atoms with van der Waals surface area (Å²) >= 11 is 0. The Bertz CT molecular complexity index is 633. The van der Waals surface area contributed by atoms with Crippen LogP contribution in [0, 0.1) is 0 Å². The molecule has 0 saturated heterocycles. The lowest BCUT2D eigenvalue weighted by Crippen LogP contribution is -1.67. The Labute approximate surface area is 254 Å². The number of hydrogen-bond acceptors (Lipinski definition) is 0. The molecular weight excluding hydrogens is 480 g/mol. The van der Waals surface area contributed by atoms with Crippen LogP contribution in [-0.4, -0.2) is 0 Å². The van der Waals surface area contributed by atoms with Crippen molar-refractivity contribution in [3.8, 4) is 0 Å². The van der Waals surface area contributed by atoms with Gasteiger partial charge in [-0.25, -0.2) is 0 Å². The lowest BCUT2D eigenvalue weighted by Gasteiger charge is -1.92. The van der Waals surface area contributed by atoms with Crippen molar-refractivity contribution >= 4 is 10.8 Å². The molecule has 0 heterocycles. The molecule has 0 bridgehead atoms. The first kappa shape index (κ1) is 50.0. The lowest BCUT2D eigenvalue weighted by molar-refractivity contribution is 0.886. The number of hydrogen-bond donors (Lipinski definition) is 0. The summed E-state index contributed by atoms with van der Waals surface area (Å²) in [6.45, 7) is 28.7. The zero-order valence-corrected chi connectivity index (χ0v) is 29.4. The van der Waals surface area contributed by atoms with Crippen molar-refractivity contribution in [2.45, 2.75) is 123 Å². The molecule has 0 atom stereocenters. The van der Waals surface area contributed by atoms with Gasteiger partial charge in [0.15, 0.2) is 0 Å². The molecule has 0 spiro atoms. The van der Waals surface area contributed by atoms with Gasteiger partial charge in [0.2, 0.25) is 0 Å². The molecule has 0 aliphatic rings. The van der Waals surface area contributed by atoms with Gasteiger partial charge in [0.1, 0.15) is 0 Å². The summed E-state index contributed by atoms with van der Waals surface area (Å²) in [5.41, 5.74) is 0. The van der Waals surface area contributed by atoms with Crippen LogP contribution in [0.15, 0.2) is 121 Å². The zero-order valence-electron chi connectivity index (χ0n) is 29.4. The fourth-order valence-electron chi connectivity index (χ4n) is 1.90. The third-order valence-corrected chi connectivity index (χ3v) is 3.99. The summed E-state index contributed by atoms with van der Waals surface area (Å²) in [6, 6.07) is 40.7. The van der Waals surface area contributed by atoms with Gasteiger partial charge in [-0.15, -0.1) is 0 Å². The minimum Gasteiger partial charge on any atom is -0.0683 e. The Morgan fingerprint density at radius 2 is 0.375 bits per heavy atom. The van der Waals surface area contributed by atoms with Crippen LogP contribution in [0.1, 0.15) is 123 Å². The third-order valence-electron chi connectivity index (χ3n) is 3.99. The van der Waals surface area contributed by atoms with Crippen LogP contribution in [-0.2, 0) is 0 Å². The molecule has 0 nitrogen and oxygen atoms in total. The van der Waals surface area contributed by atoms with Gasteiger partial charge in [0.25, 0.3) is 0 Å². The summed E-state index contributed by atoms with van der Waals surface area (Å²) in [7, 11) is 0. The predicted octanol–water partition coefficient (Wildman–Crippen LogP) is 15.0. The number of fused-ring (bicyclic) bond motifs is 1. The highest BCUT2D eigenvalue weighted by Crippen LogP contribution is 2.11. The van der Waals surface area contributed by atoms with E-state index >= 15 is 0 Å². The highest BCUT2D eigenvalue weighted by Gasteiger charge is 1.85. The summed E-state index contributed by atoms with van der Waals surface area (Å²) in [6.07, 6.45) is 5.28. The van der Waals surface area contributed by atoms with Crippen LogP contribution in [0.5, 0.6) is 0 Å². The first-order valence-corrected chi connectivity index (χ1v) is 16.2.